The first-order valence-corrected chi connectivity index (χ1v) is 10.4. The fourth-order valence-electron chi connectivity index (χ4n) is 4.04. The summed E-state index contributed by atoms with van der Waals surface area (Å²) in [6, 6.07) is 5.12. The second kappa shape index (κ2) is 9.55. The normalized spacial score (nSPS) is 24.7. The third-order valence-corrected chi connectivity index (χ3v) is 5.51. The molecule has 2 fully saturated rings. The van der Waals surface area contributed by atoms with E-state index in [1.165, 1.54) is 12.0 Å². The van der Waals surface area contributed by atoms with Crippen LogP contribution in [0, 0.1) is 5.92 Å². The molecule has 9 nitrogen and oxygen atoms in total. The molecule has 170 valence electrons. The number of carbonyl (C=O) groups is 3. The Bertz CT molecular complexity index is 833. The van der Waals surface area contributed by atoms with Crippen LogP contribution in [0.1, 0.15) is 27.2 Å². The van der Waals surface area contributed by atoms with Gasteiger partial charge in [-0.3, -0.25) is 14.4 Å². The van der Waals surface area contributed by atoms with E-state index in [-0.39, 0.29) is 37.0 Å². The molecular formula is C22H30N2O7. The fourth-order valence-corrected chi connectivity index (χ4v) is 4.04. The van der Waals surface area contributed by atoms with Crippen molar-refractivity contribution in [2.24, 2.45) is 5.92 Å². The molecule has 31 heavy (non-hydrogen) atoms. The van der Waals surface area contributed by atoms with Gasteiger partial charge < -0.3 is 28.7 Å². The standard InChI is InChI=1S/C22H30N2O7/c1-13-10-23(11-14(2)30-13)21(26)15(3)31-22(27)16-8-20(25)24(12-16)18-7-6-17(28-4)9-19(18)29-5/h6-7,9,13-16H,8,10-12H2,1-5H3/t13-,14+,15-,16-/m0/s1. The molecule has 0 bridgehead atoms. The van der Waals surface area contributed by atoms with Gasteiger partial charge in [0, 0.05) is 32.1 Å². The molecule has 2 aliphatic rings. The van der Waals surface area contributed by atoms with E-state index < -0.39 is 18.0 Å². The number of methoxy groups -OCH3 is 2. The van der Waals surface area contributed by atoms with Gasteiger partial charge in [0.1, 0.15) is 11.5 Å². The third-order valence-electron chi connectivity index (χ3n) is 5.51. The van der Waals surface area contributed by atoms with E-state index in [9.17, 15) is 14.4 Å². The summed E-state index contributed by atoms with van der Waals surface area (Å²) in [7, 11) is 3.05. The number of amides is 2. The van der Waals surface area contributed by atoms with Crippen molar-refractivity contribution in [2.75, 3.05) is 38.8 Å². The molecule has 4 atom stereocenters. The molecule has 0 aromatic heterocycles. The Labute approximate surface area is 182 Å². The molecule has 3 rings (SSSR count). The zero-order chi connectivity index (χ0) is 22.7. The Balaban J connectivity index is 1.63. The van der Waals surface area contributed by atoms with Gasteiger partial charge in [0.25, 0.3) is 5.91 Å². The van der Waals surface area contributed by atoms with Crippen LogP contribution >= 0.6 is 0 Å². The Morgan fingerprint density at radius 2 is 1.77 bits per heavy atom. The van der Waals surface area contributed by atoms with Crippen molar-refractivity contribution in [3.8, 4) is 11.5 Å². The minimum absolute atomic E-state index is 0.0144. The van der Waals surface area contributed by atoms with E-state index in [4.69, 9.17) is 18.9 Å². The Hall–Kier alpha value is -2.81. The van der Waals surface area contributed by atoms with Gasteiger partial charge in [0.15, 0.2) is 6.10 Å². The lowest BCUT2D eigenvalue weighted by Crippen LogP contribution is -2.51. The van der Waals surface area contributed by atoms with Crippen molar-refractivity contribution in [3.05, 3.63) is 18.2 Å². The number of ether oxygens (including phenoxy) is 4. The van der Waals surface area contributed by atoms with Crippen molar-refractivity contribution >= 4 is 23.5 Å². The first-order chi connectivity index (χ1) is 14.7. The molecule has 1 aromatic carbocycles. The minimum Gasteiger partial charge on any atom is -0.497 e. The van der Waals surface area contributed by atoms with Gasteiger partial charge in [-0.1, -0.05) is 0 Å². The fraction of sp³-hybridized carbons (Fsp3) is 0.591. The van der Waals surface area contributed by atoms with E-state index >= 15 is 0 Å². The van der Waals surface area contributed by atoms with E-state index in [2.05, 4.69) is 0 Å². The summed E-state index contributed by atoms with van der Waals surface area (Å²) < 4.78 is 21.7. The number of rotatable bonds is 6. The monoisotopic (exact) mass is 434 g/mol. The van der Waals surface area contributed by atoms with Gasteiger partial charge in [0.2, 0.25) is 5.91 Å². The van der Waals surface area contributed by atoms with E-state index in [0.717, 1.165) is 0 Å². The van der Waals surface area contributed by atoms with Crippen molar-refractivity contribution in [1.82, 2.24) is 4.90 Å². The first kappa shape index (κ1) is 22.9. The number of anilines is 1. The van der Waals surface area contributed by atoms with Crippen LogP contribution in [0.5, 0.6) is 11.5 Å². The van der Waals surface area contributed by atoms with Crippen LogP contribution in [0.2, 0.25) is 0 Å². The van der Waals surface area contributed by atoms with Crippen LogP contribution in [0.25, 0.3) is 0 Å². The minimum atomic E-state index is -0.926. The lowest BCUT2D eigenvalue weighted by molar-refractivity contribution is -0.166. The number of nitrogens with zero attached hydrogens (tertiary/aromatic N) is 2. The Kier molecular flexibility index (Phi) is 7.04. The van der Waals surface area contributed by atoms with Crippen molar-refractivity contribution < 1.29 is 33.3 Å². The number of hydrogen-bond acceptors (Lipinski definition) is 7. The third kappa shape index (κ3) is 5.10. The second-order valence-electron chi connectivity index (χ2n) is 8.02. The second-order valence-corrected chi connectivity index (χ2v) is 8.02. The molecular weight excluding hydrogens is 404 g/mol. The number of carbonyl (C=O) groups excluding carboxylic acids is 3. The van der Waals surface area contributed by atoms with Crippen LogP contribution in [0.4, 0.5) is 5.69 Å². The van der Waals surface area contributed by atoms with Crippen molar-refractivity contribution in [1.29, 1.82) is 0 Å². The van der Waals surface area contributed by atoms with E-state index in [1.807, 2.05) is 13.8 Å². The smallest absolute Gasteiger partial charge is 0.312 e. The first-order valence-electron chi connectivity index (χ1n) is 10.4. The maximum Gasteiger partial charge on any atom is 0.312 e. The summed E-state index contributed by atoms with van der Waals surface area (Å²) in [5.41, 5.74) is 0.559. The molecule has 0 saturated carbocycles. The zero-order valence-electron chi connectivity index (χ0n) is 18.6. The van der Waals surface area contributed by atoms with Crippen molar-refractivity contribution in [2.45, 2.75) is 45.5 Å². The largest absolute Gasteiger partial charge is 0.497 e. The lowest BCUT2D eigenvalue weighted by atomic mass is 10.1. The zero-order valence-corrected chi connectivity index (χ0v) is 18.6. The summed E-state index contributed by atoms with van der Waals surface area (Å²) in [5.74, 6) is -0.604. The summed E-state index contributed by atoms with van der Waals surface area (Å²) in [6.07, 6.45) is -1.06. The highest BCUT2D eigenvalue weighted by Crippen LogP contribution is 2.36. The Morgan fingerprint density at radius 1 is 1.10 bits per heavy atom. The van der Waals surface area contributed by atoms with Crippen LogP contribution in [0.3, 0.4) is 0 Å². The molecule has 1 aromatic rings. The van der Waals surface area contributed by atoms with E-state index in [0.29, 0.717) is 30.3 Å². The molecule has 9 heteroatoms. The van der Waals surface area contributed by atoms with Crippen LogP contribution < -0.4 is 14.4 Å². The summed E-state index contributed by atoms with van der Waals surface area (Å²) in [4.78, 5) is 41.2. The number of benzene rings is 1. The highest BCUT2D eigenvalue weighted by atomic mass is 16.5. The summed E-state index contributed by atoms with van der Waals surface area (Å²) in [6.45, 7) is 6.44. The molecule has 2 heterocycles. The molecule has 0 unspecified atom stereocenters. The Morgan fingerprint density at radius 3 is 2.39 bits per heavy atom. The van der Waals surface area contributed by atoms with Gasteiger partial charge in [-0.15, -0.1) is 0 Å². The number of morpholine rings is 1. The highest BCUT2D eigenvalue weighted by molar-refractivity contribution is 6.01. The topological polar surface area (TPSA) is 94.6 Å². The van der Waals surface area contributed by atoms with Gasteiger partial charge >= 0.3 is 5.97 Å². The maximum atomic E-state index is 12.7. The van der Waals surface area contributed by atoms with Crippen LogP contribution in [-0.4, -0.2) is 74.8 Å². The van der Waals surface area contributed by atoms with Crippen LogP contribution in [-0.2, 0) is 23.9 Å². The predicted molar refractivity (Wildman–Crippen MR) is 112 cm³/mol. The predicted octanol–water partition coefficient (Wildman–Crippen LogP) is 1.62. The van der Waals surface area contributed by atoms with Gasteiger partial charge in [0.05, 0.1) is 38.0 Å². The highest BCUT2D eigenvalue weighted by Gasteiger charge is 2.39. The van der Waals surface area contributed by atoms with Gasteiger partial charge in [-0.2, -0.15) is 0 Å². The summed E-state index contributed by atoms with van der Waals surface area (Å²) >= 11 is 0. The van der Waals surface area contributed by atoms with Gasteiger partial charge in [-0.05, 0) is 32.9 Å². The molecule has 2 saturated heterocycles. The van der Waals surface area contributed by atoms with Crippen LogP contribution in [0.15, 0.2) is 18.2 Å². The molecule has 0 radical (unpaired) electrons. The van der Waals surface area contributed by atoms with Crippen molar-refractivity contribution in [3.63, 3.8) is 0 Å². The quantitative estimate of drug-likeness (QED) is 0.628. The molecule has 2 aliphatic heterocycles. The van der Waals surface area contributed by atoms with Gasteiger partial charge in [-0.25, -0.2) is 0 Å². The van der Waals surface area contributed by atoms with E-state index in [1.54, 1.807) is 37.1 Å². The molecule has 0 aliphatic carbocycles. The lowest BCUT2D eigenvalue weighted by Gasteiger charge is -2.36. The molecule has 0 N–H and O–H groups in total. The maximum absolute atomic E-state index is 12.7. The average Bonchev–Trinajstić information content (AvgIpc) is 3.13. The molecule has 0 spiro atoms. The average molecular weight is 434 g/mol. The molecule has 2 amide bonds. The SMILES string of the molecule is COc1ccc(N2C[C@@H](C(=O)O[C@@H](C)C(=O)N3C[C@@H](C)O[C@@H](C)C3)CC2=O)c(OC)c1. The summed E-state index contributed by atoms with van der Waals surface area (Å²) in [5, 5.41) is 0. The number of hydrogen-bond donors (Lipinski definition) is 0. The number of esters is 1.